The van der Waals surface area contributed by atoms with Gasteiger partial charge < -0.3 is 14.6 Å². The van der Waals surface area contributed by atoms with E-state index in [1.54, 1.807) is 29.2 Å². The van der Waals surface area contributed by atoms with Gasteiger partial charge in [0.15, 0.2) is 11.4 Å². The summed E-state index contributed by atoms with van der Waals surface area (Å²) in [7, 11) is 0. The Labute approximate surface area is 192 Å². The van der Waals surface area contributed by atoms with Gasteiger partial charge in [-0.2, -0.15) is 0 Å². The van der Waals surface area contributed by atoms with Crippen LogP contribution in [0.1, 0.15) is 27.9 Å². The summed E-state index contributed by atoms with van der Waals surface area (Å²) in [5.74, 6) is -0.728. The number of rotatable bonds is 7. The van der Waals surface area contributed by atoms with Gasteiger partial charge in [0.1, 0.15) is 0 Å². The van der Waals surface area contributed by atoms with Crippen LogP contribution in [-0.4, -0.2) is 27.9 Å². The maximum atomic E-state index is 13.4. The maximum Gasteiger partial charge on any atom is 0.264 e. The fourth-order valence-corrected chi connectivity index (χ4v) is 4.47. The molecule has 4 aromatic rings. The molecule has 2 heterocycles. The van der Waals surface area contributed by atoms with Crippen molar-refractivity contribution in [2.45, 2.75) is 18.4 Å². The van der Waals surface area contributed by atoms with Gasteiger partial charge in [0.25, 0.3) is 5.91 Å². The summed E-state index contributed by atoms with van der Waals surface area (Å²) in [6.45, 7) is 0.430. The van der Waals surface area contributed by atoms with Crippen LogP contribution in [0.4, 0.5) is 5.69 Å². The Kier molecular flexibility index (Phi) is 5.40. The van der Waals surface area contributed by atoms with Crippen molar-refractivity contribution in [2.24, 2.45) is 0 Å². The number of para-hydroxylation sites is 1. The molecular weight excluding hydrogens is 412 g/mol. The first-order chi connectivity index (χ1) is 16.1. The SMILES string of the molecule is O=C(C[C@@]1(O)C(=O)N(CCc2ccccc2)c2ccccc21)c1cccc(-n2cccc2)c1. The topological polar surface area (TPSA) is 62.5 Å². The number of amides is 1. The number of Topliss-reactive ketones (excluding diaryl/α,β-unsaturated/α-hetero) is 1. The van der Waals surface area contributed by atoms with Crippen LogP contribution in [0.25, 0.3) is 5.69 Å². The Hall–Kier alpha value is -3.96. The molecule has 1 amide bonds. The summed E-state index contributed by atoms with van der Waals surface area (Å²) in [5.41, 5.74) is 1.68. The largest absolute Gasteiger partial charge is 0.375 e. The van der Waals surface area contributed by atoms with Crippen molar-refractivity contribution in [2.75, 3.05) is 11.4 Å². The Bertz CT molecular complexity index is 1300. The van der Waals surface area contributed by atoms with Gasteiger partial charge in [-0.05, 0) is 42.3 Å². The van der Waals surface area contributed by atoms with Crippen molar-refractivity contribution in [1.82, 2.24) is 4.57 Å². The first-order valence-corrected chi connectivity index (χ1v) is 11.0. The number of fused-ring (bicyclic) bond motifs is 1. The van der Waals surface area contributed by atoms with Gasteiger partial charge in [0.2, 0.25) is 0 Å². The highest BCUT2D eigenvalue weighted by Crippen LogP contribution is 2.43. The lowest BCUT2D eigenvalue weighted by Crippen LogP contribution is -2.42. The first-order valence-electron chi connectivity index (χ1n) is 11.0. The van der Waals surface area contributed by atoms with Crippen LogP contribution in [0.15, 0.2) is 103 Å². The second-order valence-corrected chi connectivity index (χ2v) is 8.31. The predicted octanol–water partition coefficient (Wildman–Crippen LogP) is 4.53. The van der Waals surface area contributed by atoms with Crippen LogP contribution in [0.5, 0.6) is 0 Å². The van der Waals surface area contributed by atoms with Crippen molar-refractivity contribution in [3.8, 4) is 5.69 Å². The Morgan fingerprint density at radius 2 is 1.58 bits per heavy atom. The zero-order chi connectivity index (χ0) is 22.8. The van der Waals surface area contributed by atoms with Crippen LogP contribution < -0.4 is 4.90 Å². The molecule has 0 spiro atoms. The summed E-state index contributed by atoms with van der Waals surface area (Å²) >= 11 is 0. The molecule has 0 saturated heterocycles. The minimum atomic E-state index is -1.88. The molecule has 3 aromatic carbocycles. The molecule has 0 saturated carbocycles. The standard InChI is InChI=1S/C28H24N2O3/c31-26(22-11-8-12-23(19-22)29-16-6-7-17-29)20-28(33)24-13-4-5-14-25(24)30(27(28)32)18-15-21-9-2-1-3-10-21/h1-14,16-17,19,33H,15,18,20H2/t28-/m0/s1. The quantitative estimate of drug-likeness (QED) is 0.433. The molecule has 0 unspecified atom stereocenters. The molecule has 5 nitrogen and oxygen atoms in total. The summed E-state index contributed by atoms with van der Waals surface area (Å²) < 4.78 is 1.91. The van der Waals surface area contributed by atoms with Gasteiger partial charge in [0.05, 0.1) is 12.1 Å². The van der Waals surface area contributed by atoms with E-state index in [4.69, 9.17) is 0 Å². The first kappa shape index (κ1) is 20.9. The molecule has 0 aliphatic carbocycles. The monoisotopic (exact) mass is 436 g/mol. The highest BCUT2D eigenvalue weighted by Gasteiger charge is 2.50. The molecule has 0 fully saturated rings. The smallest absolute Gasteiger partial charge is 0.264 e. The van der Waals surface area contributed by atoms with Crippen molar-refractivity contribution in [3.63, 3.8) is 0 Å². The highest BCUT2D eigenvalue weighted by molar-refractivity contribution is 6.10. The number of hydrogen-bond acceptors (Lipinski definition) is 3. The van der Waals surface area contributed by atoms with Gasteiger partial charge >= 0.3 is 0 Å². The molecule has 1 atom stereocenters. The van der Waals surface area contributed by atoms with Crippen LogP contribution in [0, 0.1) is 0 Å². The zero-order valence-corrected chi connectivity index (χ0v) is 18.1. The van der Waals surface area contributed by atoms with E-state index in [0.29, 0.717) is 29.8 Å². The van der Waals surface area contributed by atoms with E-state index in [2.05, 4.69) is 0 Å². The van der Waals surface area contributed by atoms with E-state index in [1.807, 2.05) is 83.7 Å². The van der Waals surface area contributed by atoms with Crippen molar-refractivity contribution in [3.05, 3.63) is 120 Å². The van der Waals surface area contributed by atoms with E-state index in [1.165, 1.54) is 0 Å². The van der Waals surface area contributed by atoms with Crippen LogP contribution in [0.2, 0.25) is 0 Å². The predicted molar refractivity (Wildman–Crippen MR) is 128 cm³/mol. The average Bonchev–Trinajstić information content (AvgIpc) is 3.46. The fraction of sp³-hybridized carbons (Fsp3) is 0.143. The molecule has 164 valence electrons. The van der Waals surface area contributed by atoms with E-state index in [-0.39, 0.29) is 12.2 Å². The lowest BCUT2D eigenvalue weighted by molar-refractivity contribution is -0.135. The summed E-state index contributed by atoms with van der Waals surface area (Å²) in [6.07, 6.45) is 4.15. The number of nitrogens with zero attached hydrogens (tertiary/aromatic N) is 2. The van der Waals surface area contributed by atoms with E-state index in [0.717, 1.165) is 11.3 Å². The number of hydrogen-bond donors (Lipinski definition) is 1. The molecule has 33 heavy (non-hydrogen) atoms. The number of aliphatic hydroxyl groups is 1. The Morgan fingerprint density at radius 3 is 2.36 bits per heavy atom. The third-order valence-electron chi connectivity index (χ3n) is 6.19. The fourth-order valence-electron chi connectivity index (χ4n) is 4.47. The third-order valence-corrected chi connectivity index (χ3v) is 6.19. The third kappa shape index (κ3) is 3.88. The minimum Gasteiger partial charge on any atom is -0.375 e. The van der Waals surface area contributed by atoms with E-state index >= 15 is 0 Å². The average molecular weight is 437 g/mol. The van der Waals surface area contributed by atoms with Crippen molar-refractivity contribution in [1.29, 1.82) is 0 Å². The number of ketones is 1. The molecule has 1 aliphatic rings. The van der Waals surface area contributed by atoms with Gasteiger partial charge in [-0.1, -0.05) is 60.7 Å². The number of benzene rings is 3. The molecule has 1 aliphatic heterocycles. The van der Waals surface area contributed by atoms with E-state index < -0.39 is 11.5 Å². The molecule has 1 N–H and O–H groups in total. The number of anilines is 1. The number of carbonyl (C=O) groups is 2. The van der Waals surface area contributed by atoms with Gasteiger partial charge in [-0.15, -0.1) is 0 Å². The molecule has 5 heteroatoms. The highest BCUT2D eigenvalue weighted by atomic mass is 16.3. The molecule has 1 aromatic heterocycles. The minimum absolute atomic E-state index is 0.278. The summed E-state index contributed by atoms with van der Waals surface area (Å²) in [6, 6.07) is 28.1. The van der Waals surface area contributed by atoms with Gasteiger partial charge in [-0.3, -0.25) is 9.59 Å². The van der Waals surface area contributed by atoms with Crippen LogP contribution in [-0.2, 0) is 16.8 Å². The Morgan fingerprint density at radius 1 is 0.848 bits per heavy atom. The molecule has 5 rings (SSSR count). The Balaban J connectivity index is 1.41. The van der Waals surface area contributed by atoms with Crippen LogP contribution in [0.3, 0.4) is 0 Å². The van der Waals surface area contributed by atoms with E-state index in [9.17, 15) is 14.7 Å². The summed E-state index contributed by atoms with van der Waals surface area (Å²) in [5, 5.41) is 11.5. The van der Waals surface area contributed by atoms with Gasteiger partial charge in [0, 0.05) is 35.8 Å². The summed E-state index contributed by atoms with van der Waals surface area (Å²) in [4.78, 5) is 28.3. The molecule has 0 bridgehead atoms. The maximum absolute atomic E-state index is 13.4. The normalized spacial score (nSPS) is 17.2. The lowest BCUT2D eigenvalue weighted by Gasteiger charge is -2.23. The number of carbonyl (C=O) groups excluding carboxylic acids is 2. The molecule has 0 radical (unpaired) electrons. The zero-order valence-electron chi connectivity index (χ0n) is 18.1. The van der Waals surface area contributed by atoms with Gasteiger partial charge in [-0.25, -0.2) is 0 Å². The number of aromatic nitrogens is 1. The van der Waals surface area contributed by atoms with Crippen molar-refractivity contribution >= 4 is 17.4 Å². The van der Waals surface area contributed by atoms with Crippen molar-refractivity contribution < 1.29 is 14.7 Å². The lowest BCUT2D eigenvalue weighted by atomic mass is 9.88. The van der Waals surface area contributed by atoms with Crippen LogP contribution >= 0.6 is 0 Å². The second kappa shape index (κ2) is 8.52. The second-order valence-electron chi connectivity index (χ2n) is 8.31. The molecular formula is C28H24N2O3.